The van der Waals surface area contributed by atoms with Gasteiger partial charge in [-0.25, -0.2) is 13.2 Å². The maximum Gasteiger partial charge on any atom is 0.250 e. The summed E-state index contributed by atoms with van der Waals surface area (Å²) < 4.78 is 47.5. The number of rotatable bonds is 3. The molecule has 5 heteroatoms. The van der Waals surface area contributed by atoms with Gasteiger partial charge in [0.15, 0.2) is 0 Å². The minimum absolute atomic E-state index is 0.164. The number of halogens is 3. The molecule has 72 valence electrons. The summed E-state index contributed by atoms with van der Waals surface area (Å²) in [5.74, 6) is -1.53. The van der Waals surface area contributed by atoms with Gasteiger partial charge in [0.05, 0.1) is 21.4 Å². The smallest absolute Gasteiger partial charge is 0.250 e. The normalized spacial score (nSPS) is 13.2. The minimum Gasteiger partial charge on any atom is -0.254 e. The predicted octanol–water partition coefficient (Wildman–Crippen LogP) is 2.20. The molecule has 1 unspecified atom stereocenters. The Morgan fingerprint density at radius 3 is 2.46 bits per heavy atom. The number of benzene rings is 1. The number of hydrogen-bond acceptors (Lipinski definition) is 1. The predicted molar refractivity (Wildman–Crippen MR) is 43.7 cm³/mol. The third-order valence-electron chi connectivity index (χ3n) is 1.36. The second-order valence-electron chi connectivity index (χ2n) is 2.33. The van der Waals surface area contributed by atoms with E-state index in [1.54, 1.807) is 0 Å². The molecule has 1 aromatic rings. The van der Waals surface area contributed by atoms with Crippen LogP contribution in [0, 0.1) is 5.82 Å². The van der Waals surface area contributed by atoms with Crippen LogP contribution in [0.3, 0.4) is 0 Å². The van der Waals surface area contributed by atoms with Gasteiger partial charge in [0.25, 0.3) is 0 Å². The second kappa shape index (κ2) is 4.41. The Bertz CT molecular complexity index is 314. The first kappa shape index (κ1) is 10.2. The van der Waals surface area contributed by atoms with E-state index in [9.17, 15) is 17.4 Å². The molecule has 0 saturated carbocycles. The highest BCUT2D eigenvalue weighted by atomic mass is 32.2. The number of alkyl halides is 2. The fraction of sp³-hybridized carbons (Fsp3) is 0.250. The van der Waals surface area contributed by atoms with Gasteiger partial charge in [-0.2, -0.15) is 0 Å². The van der Waals surface area contributed by atoms with E-state index in [1.165, 1.54) is 18.2 Å². The summed E-state index contributed by atoms with van der Waals surface area (Å²) in [4.78, 5) is -0.164. The van der Waals surface area contributed by atoms with Gasteiger partial charge in [0.2, 0.25) is 6.43 Å². The maximum absolute atomic E-state index is 12.9. The first-order valence-electron chi connectivity index (χ1n) is 3.52. The lowest BCUT2D eigenvalue weighted by Gasteiger charge is -2.01. The molecule has 1 nitrogen and oxygen atoms in total. The molecule has 1 aromatic carbocycles. The molecular weight excluding hydrogens is 201 g/mol. The van der Waals surface area contributed by atoms with Crippen LogP contribution in [0.1, 0.15) is 0 Å². The lowest BCUT2D eigenvalue weighted by Crippen LogP contribution is -2.08. The van der Waals surface area contributed by atoms with E-state index in [-0.39, 0.29) is 4.90 Å². The summed E-state index contributed by atoms with van der Waals surface area (Å²) in [5, 5.41) is 0. The van der Waals surface area contributed by atoms with Gasteiger partial charge in [0, 0.05) is 0 Å². The summed E-state index contributed by atoms with van der Waals surface area (Å²) in [6.45, 7) is 0. The summed E-state index contributed by atoms with van der Waals surface area (Å²) in [6.07, 6.45) is -2.68. The second-order valence-corrected chi connectivity index (χ2v) is 3.80. The molecular formula is C8H7F3OS. The first-order valence-corrected chi connectivity index (χ1v) is 4.84. The molecule has 1 atom stereocenters. The Morgan fingerprint density at radius 1 is 1.31 bits per heavy atom. The third kappa shape index (κ3) is 2.84. The molecule has 0 bridgehead atoms. The van der Waals surface area contributed by atoms with Gasteiger partial charge in [-0.3, -0.25) is 4.21 Å². The molecule has 0 aliphatic rings. The molecule has 0 saturated heterocycles. The van der Waals surface area contributed by atoms with Crippen molar-refractivity contribution >= 4 is 10.8 Å². The highest BCUT2D eigenvalue weighted by molar-refractivity contribution is 7.85. The molecule has 0 heterocycles. The molecule has 1 rings (SSSR count). The van der Waals surface area contributed by atoms with Gasteiger partial charge in [-0.15, -0.1) is 0 Å². The monoisotopic (exact) mass is 208 g/mol. The van der Waals surface area contributed by atoms with Crippen molar-refractivity contribution in [3.63, 3.8) is 0 Å². The average molecular weight is 208 g/mol. The Balaban J connectivity index is 2.83. The van der Waals surface area contributed by atoms with Gasteiger partial charge < -0.3 is 0 Å². The molecule has 0 fully saturated rings. The van der Waals surface area contributed by atoms with Gasteiger partial charge >= 0.3 is 0 Å². The van der Waals surface area contributed by atoms with Crippen molar-refractivity contribution in [1.82, 2.24) is 0 Å². The molecule has 0 amide bonds. The van der Waals surface area contributed by atoms with Crippen molar-refractivity contribution in [2.45, 2.75) is 11.3 Å². The van der Waals surface area contributed by atoms with Crippen LogP contribution in [-0.2, 0) is 10.8 Å². The number of hydrogen-bond donors (Lipinski definition) is 0. The van der Waals surface area contributed by atoms with Gasteiger partial charge in [-0.05, 0) is 12.1 Å². The SMILES string of the molecule is O=S(CC(F)F)c1ccccc1F. The van der Waals surface area contributed by atoms with Crippen molar-refractivity contribution in [1.29, 1.82) is 0 Å². The third-order valence-corrected chi connectivity index (χ3v) is 2.74. The summed E-state index contributed by atoms with van der Waals surface area (Å²) >= 11 is 0. The Morgan fingerprint density at radius 2 is 1.92 bits per heavy atom. The Labute approximate surface area is 76.0 Å². The van der Waals surface area contributed by atoms with Crippen LogP contribution in [0.15, 0.2) is 29.2 Å². The van der Waals surface area contributed by atoms with Crippen LogP contribution in [0.4, 0.5) is 13.2 Å². The first-order chi connectivity index (χ1) is 6.11. The topological polar surface area (TPSA) is 17.1 Å². The summed E-state index contributed by atoms with van der Waals surface area (Å²) in [5.41, 5.74) is 0. The fourth-order valence-electron chi connectivity index (χ4n) is 0.834. The van der Waals surface area contributed by atoms with Crippen LogP contribution >= 0.6 is 0 Å². The van der Waals surface area contributed by atoms with E-state index >= 15 is 0 Å². The fourth-order valence-corrected chi connectivity index (χ4v) is 1.76. The lowest BCUT2D eigenvalue weighted by molar-refractivity contribution is 0.175. The van der Waals surface area contributed by atoms with Crippen LogP contribution in [0.5, 0.6) is 0 Å². The van der Waals surface area contributed by atoms with Gasteiger partial charge in [0.1, 0.15) is 5.82 Å². The molecule has 0 aliphatic carbocycles. The Kier molecular flexibility index (Phi) is 3.48. The van der Waals surface area contributed by atoms with Crippen molar-refractivity contribution < 1.29 is 17.4 Å². The Hall–Kier alpha value is -0.840. The van der Waals surface area contributed by atoms with Crippen molar-refractivity contribution in [3.05, 3.63) is 30.1 Å². The van der Waals surface area contributed by atoms with Crippen molar-refractivity contribution in [3.8, 4) is 0 Å². The van der Waals surface area contributed by atoms with E-state index in [4.69, 9.17) is 0 Å². The van der Waals surface area contributed by atoms with E-state index < -0.39 is 28.8 Å². The van der Waals surface area contributed by atoms with Crippen LogP contribution < -0.4 is 0 Å². The molecule has 0 radical (unpaired) electrons. The molecule has 13 heavy (non-hydrogen) atoms. The zero-order chi connectivity index (χ0) is 9.84. The standard InChI is InChI=1S/C8H7F3OS/c9-6-3-1-2-4-7(6)13(12)5-8(10)11/h1-4,8H,5H2. The van der Waals surface area contributed by atoms with Gasteiger partial charge in [-0.1, -0.05) is 12.1 Å². The average Bonchev–Trinajstić information content (AvgIpc) is 2.03. The van der Waals surface area contributed by atoms with Crippen molar-refractivity contribution in [2.75, 3.05) is 5.75 Å². The van der Waals surface area contributed by atoms with E-state index in [0.29, 0.717) is 0 Å². The van der Waals surface area contributed by atoms with E-state index in [0.717, 1.165) is 6.07 Å². The van der Waals surface area contributed by atoms with E-state index in [2.05, 4.69) is 0 Å². The summed E-state index contributed by atoms with van der Waals surface area (Å²) in [6, 6.07) is 5.21. The molecule has 0 aromatic heterocycles. The zero-order valence-electron chi connectivity index (χ0n) is 6.54. The van der Waals surface area contributed by atoms with Crippen LogP contribution in [0.25, 0.3) is 0 Å². The lowest BCUT2D eigenvalue weighted by atomic mass is 10.3. The summed E-state index contributed by atoms with van der Waals surface area (Å²) in [7, 11) is -1.95. The van der Waals surface area contributed by atoms with Crippen LogP contribution in [0.2, 0.25) is 0 Å². The minimum atomic E-state index is -2.68. The highest BCUT2D eigenvalue weighted by Gasteiger charge is 2.14. The van der Waals surface area contributed by atoms with Crippen LogP contribution in [-0.4, -0.2) is 16.4 Å². The molecule has 0 N–H and O–H groups in total. The maximum atomic E-state index is 12.9. The molecule has 0 spiro atoms. The zero-order valence-corrected chi connectivity index (χ0v) is 7.36. The van der Waals surface area contributed by atoms with E-state index in [1.807, 2.05) is 0 Å². The van der Waals surface area contributed by atoms with Crippen molar-refractivity contribution in [2.24, 2.45) is 0 Å². The molecule has 0 aliphatic heterocycles. The quantitative estimate of drug-likeness (QED) is 0.744. The highest BCUT2D eigenvalue weighted by Crippen LogP contribution is 2.13. The largest absolute Gasteiger partial charge is 0.254 e.